The fraction of sp³-hybridized carbons (Fsp3) is 0. The number of carbonyl (C=O) groups is 1. The molecule has 0 atom stereocenters. The third-order valence-corrected chi connectivity index (χ3v) is 0. The van der Waals surface area contributed by atoms with Crippen molar-refractivity contribution < 1.29 is 74.9 Å². The van der Waals surface area contributed by atoms with Gasteiger partial charge in [0.25, 0.3) is 0 Å². The first-order valence-corrected chi connectivity index (χ1v) is 0.851. The number of carboxylic acid groups (broad SMARTS) is 2. The Hall–Kier alpha value is 0.774. The first kappa shape index (κ1) is 15.7. The maximum absolute atomic E-state index is 8.56. The van der Waals surface area contributed by atoms with Crippen LogP contribution in [-0.4, -0.2) is 26.9 Å². The van der Waals surface area contributed by atoms with Crippen molar-refractivity contribution in [1.29, 1.82) is 0 Å². The quantitative estimate of drug-likeness (QED) is 0.363. The molecular formula is CH4EuO5. The zero-order valence-electron chi connectivity index (χ0n) is 3.08. The maximum Gasteiger partial charge on any atom is 0.503 e. The van der Waals surface area contributed by atoms with Gasteiger partial charge in [-0.1, -0.05) is 0 Å². The van der Waals surface area contributed by atoms with Gasteiger partial charge in [-0.25, -0.2) is 4.79 Å². The molecule has 0 aliphatic rings. The molecule has 0 aromatic heterocycles. The Kier molecular flexibility index (Phi) is 35.5. The summed E-state index contributed by atoms with van der Waals surface area (Å²) >= 11 is 0. The van der Waals surface area contributed by atoms with Gasteiger partial charge in [-0.3, -0.25) is 10.5 Å². The molecule has 0 saturated heterocycles. The Balaban J connectivity index is -0.0000000480. The molecule has 0 heterocycles. The molecule has 0 unspecified atom stereocenters. The van der Waals surface area contributed by atoms with Gasteiger partial charge >= 0.3 is 6.16 Å². The number of hydrogen-bond donors (Lipinski definition) is 4. The molecule has 0 fully saturated rings. The van der Waals surface area contributed by atoms with Crippen LogP contribution >= 0.6 is 0 Å². The Bertz CT molecular complexity index is 31.1. The van der Waals surface area contributed by atoms with Crippen LogP contribution in [0, 0.1) is 49.4 Å². The van der Waals surface area contributed by atoms with Crippen molar-refractivity contribution in [3.05, 3.63) is 0 Å². The zero-order valence-corrected chi connectivity index (χ0v) is 5.50. The summed E-state index contributed by atoms with van der Waals surface area (Å²) in [6.07, 6.45) is -1.83. The van der Waals surface area contributed by atoms with Crippen LogP contribution in [0.3, 0.4) is 0 Å². The summed E-state index contributed by atoms with van der Waals surface area (Å²) in [7, 11) is 0. The molecule has 0 spiro atoms. The van der Waals surface area contributed by atoms with E-state index in [0.29, 0.717) is 0 Å². The van der Waals surface area contributed by atoms with E-state index in [2.05, 4.69) is 0 Å². The van der Waals surface area contributed by atoms with Gasteiger partial charge in [0.2, 0.25) is 0 Å². The van der Waals surface area contributed by atoms with Crippen molar-refractivity contribution in [1.82, 2.24) is 0 Å². The Labute approximate surface area is 80.1 Å². The van der Waals surface area contributed by atoms with Gasteiger partial charge in [-0.15, -0.1) is 0 Å². The molecule has 0 saturated carbocycles. The number of rotatable bonds is 0. The summed E-state index contributed by atoms with van der Waals surface area (Å²) in [5.74, 6) is 0. The van der Waals surface area contributed by atoms with Gasteiger partial charge < -0.3 is 10.2 Å². The van der Waals surface area contributed by atoms with Gasteiger partial charge in [0, 0.05) is 49.4 Å². The van der Waals surface area contributed by atoms with Crippen LogP contribution in [0.5, 0.6) is 0 Å². The van der Waals surface area contributed by atoms with Crippen LogP contribution in [0.15, 0.2) is 0 Å². The van der Waals surface area contributed by atoms with Crippen molar-refractivity contribution in [2.75, 3.05) is 0 Å². The normalized spacial score (nSPS) is 4.29. The third-order valence-electron chi connectivity index (χ3n) is 0. The molecule has 0 bridgehead atoms. The van der Waals surface area contributed by atoms with E-state index in [1.165, 1.54) is 0 Å². The van der Waals surface area contributed by atoms with Gasteiger partial charge in [-0.05, 0) is 0 Å². The summed E-state index contributed by atoms with van der Waals surface area (Å²) in [6, 6.07) is 0. The van der Waals surface area contributed by atoms with Gasteiger partial charge in [0.1, 0.15) is 0 Å². The summed E-state index contributed by atoms with van der Waals surface area (Å²) in [5.41, 5.74) is 0. The SMILES string of the molecule is O=C(O)O.OO.[Eu]. The zero-order chi connectivity index (χ0) is 5.58. The predicted octanol–water partition coefficient (Wildman–Crippen LogP) is 0.240. The topological polar surface area (TPSA) is 98.0 Å². The van der Waals surface area contributed by atoms with E-state index in [1.54, 1.807) is 0 Å². The van der Waals surface area contributed by atoms with Crippen molar-refractivity contribution in [3.8, 4) is 0 Å². The molecular weight excluding hydrogens is 244 g/mol. The fourth-order valence-corrected chi connectivity index (χ4v) is 0. The first-order chi connectivity index (χ1) is 2.73. The average Bonchev–Trinajstić information content (AvgIpc) is 1.41. The minimum absolute atomic E-state index is 0. The predicted molar refractivity (Wildman–Crippen MR) is 15.9 cm³/mol. The fourth-order valence-electron chi connectivity index (χ4n) is 0. The Morgan fingerprint density at radius 3 is 1.14 bits per heavy atom. The number of hydrogen-bond acceptors (Lipinski definition) is 3. The standard InChI is InChI=1S/CH2O3.Eu.H2O2/c2-1(3)4;;1-2/h(H2,2,3,4);;1-2H. The summed E-state index contributed by atoms with van der Waals surface area (Å²) in [4.78, 5) is 8.56. The van der Waals surface area contributed by atoms with Crippen molar-refractivity contribution in [3.63, 3.8) is 0 Å². The van der Waals surface area contributed by atoms with E-state index in [4.69, 9.17) is 25.5 Å². The summed E-state index contributed by atoms with van der Waals surface area (Å²) in [5, 5.41) is 25.9. The molecule has 0 rings (SSSR count). The van der Waals surface area contributed by atoms with Crippen LogP contribution in [0.4, 0.5) is 4.79 Å². The molecule has 45 valence electrons. The van der Waals surface area contributed by atoms with Crippen molar-refractivity contribution in [2.24, 2.45) is 0 Å². The second-order valence-corrected chi connectivity index (χ2v) is 0.283. The largest absolute Gasteiger partial charge is 0.503 e. The van der Waals surface area contributed by atoms with Gasteiger partial charge in [-0.2, -0.15) is 0 Å². The molecule has 0 aromatic carbocycles. The smallest absolute Gasteiger partial charge is 0.450 e. The molecule has 1 radical (unpaired) electrons. The van der Waals surface area contributed by atoms with E-state index in [1.807, 2.05) is 0 Å². The van der Waals surface area contributed by atoms with Crippen molar-refractivity contribution in [2.45, 2.75) is 0 Å². The average molecular weight is 248 g/mol. The molecule has 0 aromatic rings. The van der Waals surface area contributed by atoms with Gasteiger partial charge in [0.15, 0.2) is 0 Å². The summed E-state index contributed by atoms with van der Waals surface area (Å²) < 4.78 is 0. The first-order valence-electron chi connectivity index (χ1n) is 0.851. The molecule has 5 nitrogen and oxygen atoms in total. The molecule has 6 heteroatoms. The van der Waals surface area contributed by atoms with E-state index in [9.17, 15) is 0 Å². The van der Waals surface area contributed by atoms with E-state index >= 15 is 0 Å². The molecule has 0 aliphatic heterocycles. The van der Waals surface area contributed by atoms with Crippen LogP contribution in [0.2, 0.25) is 0 Å². The third kappa shape index (κ3) is 257. The minimum atomic E-state index is -1.83. The van der Waals surface area contributed by atoms with E-state index < -0.39 is 6.16 Å². The second kappa shape index (κ2) is 15.9. The Morgan fingerprint density at radius 1 is 1.14 bits per heavy atom. The van der Waals surface area contributed by atoms with Crippen LogP contribution in [0.1, 0.15) is 0 Å². The van der Waals surface area contributed by atoms with Gasteiger partial charge in [0.05, 0.1) is 0 Å². The van der Waals surface area contributed by atoms with Crippen molar-refractivity contribution >= 4 is 6.16 Å². The molecule has 0 amide bonds. The molecule has 0 aliphatic carbocycles. The van der Waals surface area contributed by atoms with Crippen LogP contribution in [0.25, 0.3) is 0 Å². The van der Waals surface area contributed by atoms with Crippen LogP contribution in [-0.2, 0) is 0 Å². The minimum Gasteiger partial charge on any atom is -0.450 e. The van der Waals surface area contributed by atoms with Crippen LogP contribution < -0.4 is 0 Å². The summed E-state index contributed by atoms with van der Waals surface area (Å²) in [6.45, 7) is 0. The maximum atomic E-state index is 8.56. The second-order valence-electron chi connectivity index (χ2n) is 0.283. The monoisotopic (exact) mass is 249 g/mol. The van der Waals surface area contributed by atoms with E-state index in [0.717, 1.165) is 0 Å². The Morgan fingerprint density at radius 2 is 1.14 bits per heavy atom. The molecule has 7 heavy (non-hydrogen) atoms. The van der Waals surface area contributed by atoms with E-state index in [-0.39, 0.29) is 49.4 Å². The molecule has 4 N–H and O–H groups in total.